The average molecular weight is 232 g/mol. The highest BCUT2D eigenvalue weighted by atomic mass is 15.1. The van der Waals surface area contributed by atoms with Gasteiger partial charge >= 0.3 is 0 Å². The highest BCUT2D eigenvalue weighted by Gasteiger charge is 2.10. The van der Waals surface area contributed by atoms with Gasteiger partial charge in [-0.15, -0.1) is 0 Å². The summed E-state index contributed by atoms with van der Waals surface area (Å²) in [6.45, 7) is 7.50. The molecule has 0 spiro atoms. The summed E-state index contributed by atoms with van der Waals surface area (Å²) in [5.74, 6) is 0.0167. The maximum atomic E-state index is 8.83. The predicted molar refractivity (Wildman–Crippen MR) is 69.5 cm³/mol. The number of pyridine rings is 1. The van der Waals surface area contributed by atoms with E-state index in [0.717, 1.165) is 24.5 Å². The minimum absolute atomic E-state index is 0.0167. The SMILES string of the molecule is CCN(CC(C)C#N)c1ccc([C@H](C)N)nc1. The van der Waals surface area contributed by atoms with E-state index in [1.54, 1.807) is 0 Å². The molecule has 1 rings (SSSR count). The van der Waals surface area contributed by atoms with Crippen LogP contribution in [0.25, 0.3) is 0 Å². The van der Waals surface area contributed by atoms with Crippen molar-refractivity contribution in [3.63, 3.8) is 0 Å². The minimum atomic E-state index is -0.0443. The van der Waals surface area contributed by atoms with Crippen LogP contribution in [-0.4, -0.2) is 18.1 Å². The molecular formula is C13H20N4. The van der Waals surface area contributed by atoms with E-state index in [4.69, 9.17) is 11.0 Å². The van der Waals surface area contributed by atoms with Gasteiger partial charge in [0.15, 0.2) is 0 Å². The average Bonchev–Trinajstić information content (AvgIpc) is 2.35. The van der Waals surface area contributed by atoms with Gasteiger partial charge < -0.3 is 10.6 Å². The summed E-state index contributed by atoms with van der Waals surface area (Å²) in [4.78, 5) is 6.48. The van der Waals surface area contributed by atoms with Crippen molar-refractivity contribution >= 4 is 5.69 Å². The Kier molecular flexibility index (Phi) is 4.92. The normalized spacial score (nSPS) is 13.8. The summed E-state index contributed by atoms with van der Waals surface area (Å²) in [6, 6.07) is 6.16. The summed E-state index contributed by atoms with van der Waals surface area (Å²) < 4.78 is 0. The summed E-state index contributed by atoms with van der Waals surface area (Å²) in [6.07, 6.45) is 1.83. The van der Waals surface area contributed by atoms with Gasteiger partial charge in [0, 0.05) is 19.1 Å². The summed E-state index contributed by atoms with van der Waals surface area (Å²) in [5.41, 5.74) is 7.68. The molecule has 0 aliphatic carbocycles. The molecular weight excluding hydrogens is 212 g/mol. The van der Waals surface area contributed by atoms with Gasteiger partial charge in [-0.2, -0.15) is 5.26 Å². The van der Waals surface area contributed by atoms with Crippen LogP contribution >= 0.6 is 0 Å². The first-order valence-electron chi connectivity index (χ1n) is 5.94. The third kappa shape index (κ3) is 3.72. The molecule has 2 atom stereocenters. The van der Waals surface area contributed by atoms with Crippen molar-refractivity contribution in [3.8, 4) is 6.07 Å². The van der Waals surface area contributed by atoms with Gasteiger partial charge in [-0.1, -0.05) is 0 Å². The molecule has 0 saturated carbocycles. The lowest BCUT2D eigenvalue weighted by atomic mass is 10.1. The van der Waals surface area contributed by atoms with E-state index in [1.165, 1.54) is 0 Å². The highest BCUT2D eigenvalue weighted by molar-refractivity contribution is 5.44. The first-order chi connectivity index (χ1) is 8.08. The maximum Gasteiger partial charge on any atom is 0.0671 e. The third-order valence-electron chi connectivity index (χ3n) is 2.70. The fourth-order valence-electron chi connectivity index (χ4n) is 1.64. The molecule has 0 bridgehead atoms. The van der Waals surface area contributed by atoms with E-state index in [-0.39, 0.29) is 12.0 Å². The van der Waals surface area contributed by atoms with Crippen LogP contribution in [0.5, 0.6) is 0 Å². The molecule has 1 heterocycles. The molecule has 1 unspecified atom stereocenters. The van der Waals surface area contributed by atoms with E-state index < -0.39 is 0 Å². The minimum Gasteiger partial charge on any atom is -0.369 e. The fourth-order valence-corrected chi connectivity index (χ4v) is 1.64. The number of nitriles is 1. The molecule has 1 aromatic rings. The van der Waals surface area contributed by atoms with Crippen LogP contribution in [0, 0.1) is 17.2 Å². The lowest BCUT2D eigenvalue weighted by Gasteiger charge is -2.24. The molecule has 0 aliphatic heterocycles. The number of anilines is 1. The van der Waals surface area contributed by atoms with Gasteiger partial charge in [0.05, 0.1) is 29.6 Å². The standard InChI is InChI=1S/C13H20N4/c1-4-17(9-10(2)7-14)12-5-6-13(11(3)15)16-8-12/h5-6,8,10-11H,4,9,15H2,1-3H3/t10?,11-/m0/s1. The van der Waals surface area contributed by atoms with Crippen LogP contribution in [0.3, 0.4) is 0 Å². The first kappa shape index (κ1) is 13.5. The molecule has 4 nitrogen and oxygen atoms in total. The lowest BCUT2D eigenvalue weighted by molar-refractivity contribution is 0.684. The molecule has 0 amide bonds. The zero-order chi connectivity index (χ0) is 12.8. The summed E-state index contributed by atoms with van der Waals surface area (Å²) >= 11 is 0. The van der Waals surface area contributed by atoms with Crippen LogP contribution in [0.1, 0.15) is 32.5 Å². The Morgan fingerprint density at radius 2 is 2.18 bits per heavy atom. The Morgan fingerprint density at radius 1 is 1.47 bits per heavy atom. The second-order valence-electron chi connectivity index (χ2n) is 4.30. The van der Waals surface area contributed by atoms with Crippen molar-refractivity contribution in [2.24, 2.45) is 11.7 Å². The molecule has 17 heavy (non-hydrogen) atoms. The Hall–Kier alpha value is -1.60. The molecule has 0 aromatic carbocycles. The highest BCUT2D eigenvalue weighted by Crippen LogP contribution is 2.16. The zero-order valence-electron chi connectivity index (χ0n) is 10.7. The van der Waals surface area contributed by atoms with Crippen molar-refractivity contribution in [2.45, 2.75) is 26.8 Å². The van der Waals surface area contributed by atoms with E-state index >= 15 is 0 Å². The maximum absolute atomic E-state index is 8.83. The second-order valence-corrected chi connectivity index (χ2v) is 4.30. The Balaban J connectivity index is 2.79. The Morgan fingerprint density at radius 3 is 2.59 bits per heavy atom. The first-order valence-corrected chi connectivity index (χ1v) is 5.94. The number of hydrogen-bond acceptors (Lipinski definition) is 4. The van der Waals surface area contributed by atoms with Crippen LogP contribution in [0.4, 0.5) is 5.69 Å². The number of rotatable bonds is 5. The molecule has 0 aliphatic rings. The Bertz CT molecular complexity index is 377. The number of nitrogens with two attached hydrogens (primary N) is 1. The van der Waals surface area contributed by atoms with Crippen LogP contribution in [-0.2, 0) is 0 Å². The number of hydrogen-bond donors (Lipinski definition) is 1. The summed E-state index contributed by atoms with van der Waals surface area (Å²) in [5, 5.41) is 8.83. The zero-order valence-corrected chi connectivity index (χ0v) is 10.7. The number of nitrogens with zero attached hydrogens (tertiary/aromatic N) is 3. The van der Waals surface area contributed by atoms with Crippen molar-refractivity contribution in [2.75, 3.05) is 18.0 Å². The fraction of sp³-hybridized carbons (Fsp3) is 0.538. The molecule has 1 aromatic heterocycles. The van der Waals surface area contributed by atoms with Gasteiger partial charge in [0.2, 0.25) is 0 Å². The van der Waals surface area contributed by atoms with Crippen LogP contribution in [0.15, 0.2) is 18.3 Å². The van der Waals surface area contributed by atoms with Crippen molar-refractivity contribution in [3.05, 3.63) is 24.0 Å². The summed E-state index contributed by atoms with van der Waals surface area (Å²) in [7, 11) is 0. The van der Waals surface area contributed by atoms with Crippen LogP contribution in [0.2, 0.25) is 0 Å². The molecule has 2 N–H and O–H groups in total. The van der Waals surface area contributed by atoms with Gasteiger partial charge in [0.25, 0.3) is 0 Å². The molecule has 0 saturated heterocycles. The van der Waals surface area contributed by atoms with E-state index in [9.17, 15) is 0 Å². The van der Waals surface area contributed by atoms with Gasteiger partial charge in [-0.05, 0) is 32.9 Å². The quantitative estimate of drug-likeness (QED) is 0.844. The van der Waals surface area contributed by atoms with Gasteiger partial charge in [0.1, 0.15) is 0 Å². The predicted octanol–water partition coefficient (Wildman–Crippen LogP) is 2.09. The van der Waals surface area contributed by atoms with Crippen molar-refractivity contribution in [1.82, 2.24) is 4.98 Å². The van der Waals surface area contributed by atoms with Gasteiger partial charge in [-0.3, -0.25) is 4.98 Å². The molecule has 0 radical (unpaired) electrons. The molecule has 0 fully saturated rings. The second kappa shape index (κ2) is 6.21. The lowest BCUT2D eigenvalue weighted by Crippen LogP contribution is -2.27. The van der Waals surface area contributed by atoms with Gasteiger partial charge in [-0.25, -0.2) is 0 Å². The van der Waals surface area contributed by atoms with Crippen molar-refractivity contribution < 1.29 is 0 Å². The Labute approximate surface area is 103 Å². The van der Waals surface area contributed by atoms with Crippen LogP contribution < -0.4 is 10.6 Å². The van der Waals surface area contributed by atoms with E-state index in [2.05, 4.69) is 22.9 Å². The van der Waals surface area contributed by atoms with E-state index in [1.807, 2.05) is 32.2 Å². The van der Waals surface area contributed by atoms with E-state index in [0.29, 0.717) is 0 Å². The monoisotopic (exact) mass is 232 g/mol. The van der Waals surface area contributed by atoms with Crippen molar-refractivity contribution in [1.29, 1.82) is 5.26 Å². The smallest absolute Gasteiger partial charge is 0.0671 e. The molecule has 92 valence electrons. The third-order valence-corrected chi connectivity index (χ3v) is 2.70. The topological polar surface area (TPSA) is 65.9 Å². The molecule has 4 heteroatoms. The largest absolute Gasteiger partial charge is 0.369 e. The number of aromatic nitrogens is 1.